The summed E-state index contributed by atoms with van der Waals surface area (Å²) < 4.78 is 19.0. The van der Waals surface area contributed by atoms with Crippen molar-refractivity contribution in [2.75, 3.05) is 7.11 Å². The molecule has 0 aromatic rings. The van der Waals surface area contributed by atoms with Crippen molar-refractivity contribution < 1.29 is 18.5 Å². The number of hydrogen-bond donors (Lipinski definition) is 2. The highest BCUT2D eigenvalue weighted by molar-refractivity contribution is 7.45. The van der Waals surface area contributed by atoms with Gasteiger partial charge in [0, 0.05) is 7.11 Å². The topological polar surface area (TPSA) is 123 Å². The molecule has 4 N–H and O–H groups in total. The first kappa shape index (κ1) is 11.4. The minimum Gasteiger partial charge on any atom is -0.756 e. The standard InChI is InChI=1S/C4H12N3O4P/c1-3(7-4(5)6)11-12(8,9)10-2/h3H,1-2H3,(H,8,9)(H4,5,6,7)/p-1. The van der Waals surface area contributed by atoms with Gasteiger partial charge in [-0.1, -0.05) is 0 Å². The number of guanidine groups is 1. The van der Waals surface area contributed by atoms with Crippen molar-refractivity contribution in [1.29, 1.82) is 0 Å². The van der Waals surface area contributed by atoms with E-state index in [9.17, 15) is 9.46 Å². The summed E-state index contributed by atoms with van der Waals surface area (Å²) >= 11 is 0. The predicted molar refractivity (Wildman–Crippen MR) is 41.0 cm³/mol. The molecule has 7 nitrogen and oxygen atoms in total. The molecule has 0 spiro atoms. The highest BCUT2D eigenvalue weighted by atomic mass is 31.2. The molecule has 0 bridgehead atoms. The summed E-state index contributed by atoms with van der Waals surface area (Å²) in [5.41, 5.74) is 9.94. The smallest absolute Gasteiger partial charge is 0.269 e. The van der Waals surface area contributed by atoms with Crippen LogP contribution in [0.1, 0.15) is 6.92 Å². The third-order valence-corrected chi connectivity index (χ3v) is 1.85. The SMILES string of the molecule is COP(=O)([O-])OC(C)N=C(N)N. The Labute approximate surface area is 70.0 Å². The maximum atomic E-state index is 10.6. The number of nitrogens with two attached hydrogens (primary N) is 2. The largest absolute Gasteiger partial charge is 0.756 e. The van der Waals surface area contributed by atoms with Gasteiger partial charge in [-0.2, -0.15) is 0 Å². The Hall–Kier alpha value is -0.620. The van der Waals surface area contributed by atoms with Crippen LogP contribution in [0.3, 0.4) is 0 Å². The van der Waals surface area contributed by atoms with Crippen LogP contribution in [0.15, 0.2) is 4.99 Å². The summed E-state index contributed by atoms with van der Waals surface area (Å²) in [6.07, 6.45) is -0.974. The van der Waals surface area contributed by atoms with Crippen LogP contribution in [0.4, 0.5) is 0 Å². The van der Waals surface area contributed by atoms with Gasteiger partial charge in [-0.3, -0.25) is 9.09 Å². The van der Waals surface area contributed by atoms with E-state index in [0.717, 1.165) is 7.11 Å². The zero-order valence-corrected chi connectivity index (χ0v) is 7.65. The minimum absolute atomic E-state index is 0.251. The Kier molecular flexibility index (Phi) is 4.19. The second-order valence-electron chi connectivity index (χ2n) is 1.89. The number of phosphoric ester groups is 1. The van der Waals surface area contributed by atoms with Gasteiger partial charge in [-0.05, 0) is 6.92 Å². The normalized spacial score (nSPS) is 17.9. The van der Waals surface area contributed by atoms with Crippen molar-refractivity contribution in [3.63, 3.8) is 0 Å². The van der Waals surface area contributed by atoms with Crippen molar-refractivity contribution in [1.82, 2.24) is 0 Å². The first-order chi connectivity index (χ1) is 5.37. The molecule has 0 rings (SSSR count). The van der Waals surface area contributed by atoms with Crippen molar-refractivity contribution >= 4 is 13.8 Å². The third kappa shape index (κ3) is 5.09. The highest BCUT2D eigenvalue weighted by Crippen LogP contribution is 2.38. The molecule has 0 saturated carbocycles. The fourth-order valence-electron chi connectivity index (χ4n) is 0.463. The van der Waals surface area contributed by atoms with E-state index in [1.807, 2.05) is 0 Å². The van der Waals surface area contributed by atoms with Gasteiger partial charge in [0.05, 0.1) is 0 Å². The second-order valence-corrected chi connectivity index (χ2v) is 3.36. The van der Waals surface area contributed by atoms with Gasteiger partial charge in [0.1, 0.15) is 0 Å². The van der Waals surface area contributed by atoms with Gasteiger partial charge >= 0.3 is 0 Å². The molecule has 0 aromatic heterocycles. The number of phosphoric acid groups is 1. The Bertz CT molecular complexity index is 214. The average molecular weight is 196 g/mol. The van der Waals surface area contributed by atoms with Crippen molar-refractivity contribution in [2.45, 2.75) is 13.2 Å². The average Bonchev–Trinajstić information content (AvgIpc) is 1.84. The van der Waals surface area contributed by atoms with Crippen LogP contribution in [0.2, 0.25) is 0 Å². The van der Waals surface area contributed by atoms with Gasteiger partial charge in [0.25, 0.3) is 7.82 Å². The molecule has 2 atom stereocenters. The van der Waals surface area contributed by atoms with Gasteiger partial charge in [0.2, 0.25) is 0 Å². The molecule has 0 radical (unpaired) electrons. The lowest BCUT2D eigenvalue weighted by Gasteiger charge is -2.22. The monoisotopic (exact) mass is 196 g/mol. The Morgan fingerprint density at radius 1 is 1.67 bits per heavy atom. The predicted octanol–water partition coefficient (Wildman–Crippen LogP) is -1.26. The molecular formula is C4H11N3O4P-. The molecule has 0 aliphatic heterocycles. The van der Waals surface area contributed by atoms with Crippen LogP contribution in [0, 0.1) is 0 Å². The maximum absolute atomic E-state index is 10.6. The van der Waals surface area contributed by atoms with Gasteiger partial charge in [0.15, 0.2) is 12.2 Å². The first-order valence-electron chi connectivity index (χ1n) is 3.01. The quantitative estimate of drug-likeness (QED) is 0.328. The zero-order chi connectivity index (χ0) is 9.78. The molecule has 0 aliphatic rings. The maximum Gasteiger partial charge on any atom is 0.269 e. The molecular weight excluding hydrogens is 185 g/mol. The van der Waals surface area contributed by atoms with E-state index in [-0.39, 0.29) is 5.96 Å². The van der Waals surface area contributed by atoms with Crippen molar-refractivity contribution in [3.8, 4) is 0 Å². The van der Waals surface area contributed by atoms with Crippen LogP contribution in [0.25, 0.3) is 0 Å². The molecule has 0 fully saturated rings. The second kappa shape index (κ2) is 4.42. The number of nitrogens with zero attached hydrogens (tertiary/aromatic N) is 1. The molecule has 0 aliphatic carbocycles. The van der Waals surface area contributed by atoms with Gasteiger partial charge in [-0.25, -0.2) is 4.99 Å². The van der Waals surface area contributed by atoms with Crippen LogP contribution < -0.4 is 16.4 Å². The van der Waals surface area contributed by atoms with Crippen LogP contribution in [-0.2, 0) is 13.6 Å². The van der Waals surface area contributed by atoms with E-state index in [1.54, 1.807) is 0 Å². The summed E-state index contributed by atoms with van der Waals surface area (Å²) in [7, 11) is -3.27. The van der Waals surface area contributed by atoms with E-state index in [0.29, 0.717) is 0 Å². The molecule has 0 saturated heterocycles. The van der Waals surface area contributed by atoms with E-state index in [1.165, 1.54) is 6.92 Å². The molecule has 8 heteroatoms. The van der Waals surface area contributed by atoms with E-state index >= 15 is 0 Å². The molecule has 2 unspecified atom stereocenters. The molecule has 0 heterocycles. The van der Waals surface area contributed by atoms with Crippen LogP contribution in [0.5, 0.6) is 0 Å². The molecule has 72 valence electrons. The van der Waals surface area contributed by atoms with E-state index in [4.69, 9.17) is 11.5 Å². The number of aliphatic imine (C=N–C) groups is 1. The fraction of sp³-hybridized carbons (Fsp3) is 0.750. The molecule has 0 amide bonds. The van der Waals surface area contributed by atoms with Gasteiger partial charge in [-0.15, -0.1) is 0 Å². The third-order valence-electron chi connectivity index (χ3n) is 0.836. The lowest BCUT2D eigenvalue weighted by Crippen LogP contribution is -2.25. The number of hydrogen-bond acceptors (Lipinski definition) is 5. The zero-order valence-electron chi connectivity index (χ0n) is 6.76. The van der Waals surface area contributed by atoms with Crippen LogP contribution in [-0.4, -0.2) is 19.3 Å². The Morgan fingerprint density at radius 2 is 2.17 bits per heavy atom. The fourth-order valence-corrected chi connectivity index (χ4v) is 0.970. The van der Waals surface area contributed by atoms with Crippen LogP contribution >= 0.6 is 7.82 Å². The summed E-state index contributed by atoms with van der Waals surface area (Å²) in [4.78, 5) is 14.0. The van der Waals surface area contributed by atoms with E-state index in [2.05, 4.69) is 14.0 Å². The lowest BCUT2D eigenvalue weighted by atomic mass is 10.7. The molecule has 12 heavy (non-hydrogen) atoms. The van der Waals surface area contributed by atoms with Crippen molar-refractivity contribution in [2.24, 2.45) is 16.5 Å². The summed E-state index contributed by atoms with van der Waals surface area (Å²) in [5.74, 6) is -0.251. The summed E-state index contributed by atoms with van der Waals surface area (Å²) in [5, 5.41) is 0. The first-order valence-corrected chi connectivity index (χ1v) is 4.47. The number of rotatable bonds is 4. The lowest BCUT2D eigenvalue weighted by molar-refractivity contribution is -0.226. The minimum atomic E-state index is -4.25. The highest BCUT2D eigenvalue weighted by Gasteiger charge is 2.11. The molecule has 0 aromatic carbocycles. The van der Waals surface area contributed by atoms with Crippen molar-refractivity contribution in [3.05, 3.63) is 0 Å². The summed E-state index contributed by atoms with van der Waals surface area (Å²) in [6.45, 7) is 1.36. The van der Waals surface area contributed by atoms with Gasteiger partial charge < -0.3 is 20.9 Å². The Morgan fingerprint density at radius 3 is 2.50 bits per heavy atom. The van der Waals surface area contributed by atoms with E-state index < -0.39 is 14.1 Å². The summed E-state index contributed by atoms with van der Waals surface area (Å²) in [6, 6.07) is 0. The Balaban J connectivity index is 4.10.